The molecule has 3 aromatic rings. The molecule has 0 radical (unpaired) electrons. The van der Waals surface area contributed by atoms with Gasteiger partial charge in [0.05, 0.1) is 17.3 Å². The van der Waals surface area contributed by atoms with Gasteiger partial charge in [-0.3, -0.25) is 10.0 Å². The molecule has 9 heteroatoms. The Morgan fingerprint density at radius 1 is 0.925 bits per heavy atom. The molecule has 4 rings (SSSR count). The van der Waals surface area contributed by atoms with Crippen LogP contribution < -0.4 is 19.7 Å². The summed E-state index contributed by atoms with van der Waals surface area (Å²) in [6, 6.07) is 24.1. The number of hydrogen-bond donors (Lipinski definition) is 2. The Balaban J connectivity index is 1.44. The van der Waals surface area contributed by atoms with Crippen LogP contribution in [-0.4, -0.2) is 44.1 Å². The Kier molecular flexibility index (Phi) is 10.4. The molecule has 0 spiro atoms. The number of para-hydroxylation sites is 1. The number of amides is 1. The molecule has 3 atom stereocenters. The molecule has 8 nitrogen and oxygen atoms in total. The van der Waals surface area contributed by atoms with Gasteiger partial charge in [-0.15, -0.1) is 0 Å². The molecule has 1 aliphatic rings. The number of methoxy groups -OCH3 is 1. The summed E-state index contributed by atoms with van der Waals surface area (Å²) in [6.07, 6.45) is 4.24. The van der Waals surface area contributed by atoms with E-state index in [1.165, 1.54) is 24.8 Å². The summed E-state index contributed by atoms with van der Waals surface area (Å²) in [5.74, 6) is 0.833. The minimum absolute atomic E-state index is 0.00238. The number of sulfone groups is 1. The average molecular weight is 568 g/mol. The third-order valence-corrected chi connectivity index (χ3v) is 9.39. The lowest BCUT2D eigenvalue weighted by molar-refractivity contribution is -0.129. The summed E-state index contributed by atoms with van der Waals surface area (Å²) in [5, 5.41) is 8.09. The van der Waals surface area contributed by atoms with Gasteiger partial charge < -0.3 is 14.2 Å². The van der Waals surface area contributed by atoms with E-state index in [-0.39, 0.29) is 29.9 Å². The lowest BCUT2D eigenvalue weighted by Crippen LogP contribution is -2.30. The van der Waals surface area contributed by atoms with Crippen LogP contribution in [0.4, 0.5) is 0 Å². The van der Waals surface area contributed by atoms with E-state index in [4.69, 9.17) is 19.4 Å². The molecule has 1 aliphatic carbocycles. The minimum Gasteiger partial charge on any atom is -0.493 e. The molecule has 0 aliphatic heterocycles. The van der Waals surface area contributed by atoms with Crippen molar-refractivity contribution in [3.8, 4) is 17.2 Å². The number of rotatable bonds is 14. The smallest absolute Gasteiger partial charge is 0.244 e. The molecule has 2 N–H and O–H groups in total. The van der Waals surface area contributed by atoms with Crippen LogP contribution in [0.15, 0.2) is 83.8 Å². The fourth-order valence-corrected chi connectivity index (χ4v) is 6.83. The van der Waals surface area contributed by atoms with Gasteiger partial charge in [0.2, 0.25) is 5.91 Å². The van der Waals surface area contributed by atoms with Crippen LogP contribution in [0.2, 0.25) is 0 Å². The summed E-state index contributed by atoms with van der Waals surface area (Å²) in [4.78, 5) is 12.1. The first-order valence-electron chi connectivity index (χ1n) is 13.7. The molecular weight excluding hydrogens is 530 g/mol. The molecule has 40 heavy (non-hydrogen) atoms. The maximum absolute atomic E-state index is 13.7. The van der Waals surface area contributed by atoms with Crippen molar-refractivity contribution in [1.29, 1.82) is 0 Å². The topological polar surface area (TPSA) is 111 Å². The second-order valence-electron chi connectivity index (χ2n) is 10.1. The summed E-state index contributed by atoms with van der Waals surface area (Å²) in [7, 11) is -2.41. The molecule has 0 aromatic heterocycles. The molecule has 0 heterocycles. The Morgan fingerprint density at radius 2 is 1.60 bits per heavy atom. The van der Waals surface area contributed by atoms with Crippen LogP contribution in [0.25, 0.3) is 0 Å². The van der Waals surface area contributed by atoms with Crippen molar-refractivity contribution in [2.45, 2.75) is 73.7 Å². The lowest BCUT2D eigenvalue weighted by Gasteiger charge is -2.20. The van der Waals surface area contributed by atoms with Gasteiger partial charge in [0.25, 0.3) is 0 Å². The van der Waals surface area contributed by atoms with Gasteiger partial charge in [0.1, 0.15) is 18.0 Å². The van der Waals surface area contributed by atoms with Crippen LogP contribution in [-0.2, 0) is 21.1 Å². The van der Waals surface area contributed by atoms with Gasteiger partial charge in [-0.1, -0.05) is 55.0 Å². The standard InChI is InChI=1S/C31H37NO7S/c1-37-29-19-18-28(21-30(29)39-26-17-16-25(20-26)38-24-13-6-3-7-14-24)40(35,36)27(22-31(33)32-34)15-9-8-12-23-10-4-2-5-11-23/h2-7,10-11,13-14,18-19,21,25-27,34H,8-9,12,15-17,20,22H2,1H3,(H,32,33)/t25-,26-,27?/m1/s1. The zero-order valence-electron chi connectivity index (χ0n) is 22.7. The quantitative estimate of drug-likeness (QED) is 0.150. The zero-order chi connectivity index (χ0) is 28.4. The van der Waals surface area contributed by atoms with Crippen molar-refractivity contribution in [3.05, 3.63) is 84.4 Å². The first-order chi connectivity index (χ1) is 19.4. The number of hydrogen-bond acceptors (Lipinski definition) is 7. The number of aryl methyl sites for hydroxylation is 1. The van der Waals surface area contributed by atoms with Gasteiger partial charge >= 0.3 is 0 Å². The van der Waals surface area contributed by atoms with E-state index in [9.17, 15) is 13.2 Å². The molecule has 1 fully saturated rings. The Labute approximate surface area is 236 Å². The highest BCUT2D eigenvalue weighted by molar-refractivity contribution is 7.92. The average Bonchev–Trinajstić information content (AvgIpc) is 3.41. The first-order valence-corrected chi connectivity index (χ1v) is 15.2. The maximum Gasteiger partial charge on any atom is 0.244 e. The van der Waals surface area contributed by atoms with Crippen LogP contribution >= 0.6 is 0 Å². The van der Waals surface area contributed by atoms with E-state index in [1.54, 1.807) is 11.5 Å². The second-order valence-corrected chi connectivity index (χ2v) is 12.3. The van der Waals surface area contributed by atoms with Crippen molar-refractivity contribution >= 4 is 15.7 Å². The summed E-state index contributed by atoms with van der Waals surface area (Å²) in [6.45, 7) is 0. The predicted octanol–water partition coefficient (Wildman–Crippen LogP) is 5.52. The van der Waals surface area contributed by atoms with Gasteiger partial charge in [-0.25, -0.2) is 13.9 Å². The molecule has 1 saturated carbocycles. The van der Waals surface area contributed by atoms with E-state index in [2.05, 4.69) is 0 Å². The predicted molar refractivity (Wildman–Crippen MR) is 152 cm³/mol. The Bertz CT molecular complexity index is 1330. The summed E-state index contributed by atoms with van der Waals surface area (Å²) < 4.78 is 45.2. The Morgan fingerprint density at radius 3 is 2.27 bits per heavy atom. The van der Waals surface area contributed by atoms with E-state index in [0.29, 0.717) is 24.3 Å². The van der Waals surface area contributed by atoms with Gasteiger partial charge in [-0.05, 0) is 61.9 Å². The number of carbonyl (C=O) groups excluding carboxylic acids is 1. The van der Waals surface area contributed by atoms with Crippen molar-refractivity contribution in [2.75, 3.05) is 7.11 Å². The molecule has 1 amide bonds. The number of carbonyl (C=O) groups is 1. The molecule has 0 saturated heterocycles. The van der Waals surface area contributed by atoms with E-state index < -0.39 is 21.0 Å². The third-order valence-electron chi connectivity index (χ3n) is 7.20. The number of ether oxygens (including phenoxy) is 3. The van der Waals surface area contributed by atoms with Crippen LogP contribution in [0.1, 0.15) is 50.5 Å². The van der Waals surface area contributed by atoms with Crippen molar-refractivity contribution < 1.29 is 32.6 Å². The molecule has 1 unspecified atom stereocenters. The number of benzene rings is 3. The van der Waals surface area contributed by atoms with Crippen LogP contribution in [0.3, 0.4) is 0 Å². The number of unbranched alkanes of at least 4 members (excludes halogenated alkanes) is 1. The van der Waals surface area contributed by atoms with Gasteiger partial charge in [-0.2, -0.15) is 0 Å². The fourth-order valence-electron chi connectivity index (χ4n) is 5.07. The summed E-state index contributed by atoms with van der Waals surface area (Å²) >= 11 is 0. The lowest BCUT2D eigenvalue weighted by atomic mass is 10.1. The largest absolute Gasteiger partial charge is 0.493 e. The molecular formula is C31H37NO7S. The third kappa shape index (κ3) is 7.99. The van der Waals surface area contributed by atoms with Crippen molar-refractivity contribution in [3.63, 3.8) is 0 Å². The fraction of sp³-hybridized carbons (Fsp3) is 0.387. The van der Waals surface area contributed by atoms with Crippen LogP contribution in [0.5, 0.6) is 17.2 Å². The van der Waals surface area contributed by atoms with E-state index >= 15 is 0 Å². The molecule has 3 aromatic carbocycles. The number of nitrogens with one attached hydrogen (secondary N) is 1. The van der Waals surface area contributed by atoms with E-state index in [1.807, 2.05) is 60.7 Å². The van der Waals surface area contributed by atoms with Crippen molar-refractivity contribution in [1.82, 2.24) is 5.48 Å². The van der Waals surface area contributed by atoms with Gasteiger partial charge in [0, 0.05) is 18.9 Å². The highest BCUT2D eigenvalue weighted by Crippen LogP contribution is 2.36. The second kappa shape index (κ2) is 14.2. The first kappa shape index (κ1) is 29.4. The Hall–Kier alpha value is -3.56. The minimum atomic E-state index is -3.92. The summed E-state index contributed by atoms with van der Waals surface area (Å²) in [5.41, 5.74) is 2.75. The zero-order valence-corrected chi connectivity index (χ0v) is 23.5. The number of hydroxylamine groups is 1. The molecule has 0 bridgehead atoms. The van der Waals surface area contributed by atoms with E-state index in [0.717, 1.165) is 31.4 Å². The monoisotopic (exact) mass is 567 g/mol. The SMILES string of the molecule is COc1ccc(S(=O)(=O)C(CCCCc2ccccc2)CC(=O)NO)cc1O[C@@H]1CC[C@@H](Oc2ccccc2)C1. The molecule has 214 valence electrons. The van der Waals surface area contributed by atoms with Gasteiger partial charge in [0.15, 0.2) is 21.3 Å². The highest BCUT2D eigenvalue weighted by atomic mass is 32.2. The highest BCUT2D eigenvalue weighted by Gasteiger charge is 2.32. The normalized spacial score (nSPS) is 17.6. The van der Waals surface area contributed by atoms with Crippen LogP contribution in [0, 0.1) is 0 Å². The maximum atomic E-state index is 13.7. The van der Waals surface area contributed by atoms with Crippen molar-refractivity contribution in [2.24, 2.45) is 0 Å².